The first kappa shape index (κ1) is 19.7. The molecule has 0 spiro atoms. The number of rotatable bonds is 10. The lowest BCUT2D eigenvalue weighted by atomic mass is 10.0. The summed E-state index contributed by atoms with van der Waals surface area (Å²) in [5, 5.41) is 7.07. The van der Waals surface area contributed by atoms with Crippen LogP contribution in [0, 0.1) is 0 Å². The molecular weight excluding hydrogens is 530 g/mol. The van der Waals surface area contributed by atoms with Crippen molar-refractivity contribution in [1.29, 1.82) is 0 Å². The van der Waals surface area contributed by atoms with E-state index < -0.39 is 61.4 Å². The normalized spacial score (nSPS) is 23.9. The van der Waals surface area contributed by atoms with Gasteiger partial charge in [0.25, 0.3) is 11.8 Å². The largest absolute Gasteiger partial charge is 0.511 e. The number of methoxy groups -OCH3 is 1. The Morgan fingerprint density at radius 3 is 2.73 bits per heavy atom. The van der Waals surface area contributed by atoms with Gasteiger partial charge < -0.3 is 34.8 Å². The molecule has 0 aliphatic carbocycles. The highest BCUT2D eigenvalue weighted by atomic mass is 32.2. The number of nitrogens with one attached hydrogen (secondary N) is 1. The van der Waals surface area contributed by atoms with Gasteiger partial charge in [0.05, 0.1) is 14.1 Å². The molecule has 16 heteroatoms. The van der Waals surface area contributed by atoms with Crippen molar-refractivity contribution in [1.82, 2.24) is 15.2 Å². The number of carbonyl (C=O) groups excluding carboxylic acids is 4. The molecule has 37 heavy (non-hydrogen) atoms. The Kier molecular flexibility index (Phi) is 6.52. The first-order valence-corrected chi connectivity index (χ1v) is 12.2. The molecule has 0 bridgehead atoms. The van der Waals surface area contributed by atoms with E-state index in [1.54, 1.807) is 0 Å². The lowest BCUT2D eigenvalue weighted by Crippen LogP contribution is -2.71. The molecule has 2 amide bonds. The van der Waals surface area contributed by atoms with E-state index in [0.717, 1.165) is 23.2 Å². The van der Waals surface area contributed by atoms with Crippen molar-refractivity contribution in [2.45, 2.75) is 44.4 Å². The van der Waals surface area contributed by atoms with Crippen molar-refractivity contribution < 1.29 is 52.6 Å². The number of carbonyl (C=O) groups is 4. The van der Waals surface area contributed by atoms with Crippen LogP contribution in [0.5, 0.6) is 0 Å². The highest BCUT2D eigenvalue weighted by Crippen LogP contribution is 2.41. The number of thioether (sulfide) groups is 1. The zero-order valence-corrected chi connectivity index (χ0v) is 21.3. The number of amides is 2. The lowest BCUT2D eigenvalue weighted by Gasteiger charge is -2.49. The molecule has 3 atom stereocenters. The molecular formula is C21H27N5O9S2. The lowest BCUT2D eigenvalue weighted by molar-refractivity contribution is -0.169. The fourth-order valence-corrected chi connectivity index (χ4v) is 5.21. The summed E-state index contributed by atoms with van der Waals surface area (Å²) in [6, 6.07) is -1.11. The van der Waals surface area contributed by atoms with E-state index in [0.29, 0.717) is 5.57 Å². The molecule has 1 aromatic heterocycles. The molecule has 1 unspecified atom stereocenters. The predicted octanol–water partition coefficient (Wildman–Crippen LogP) is 0.827. The molecule has 3 heterocycles. The third kappa shape index (κ3) is 6.50. The standard InChI is InChI=1S/C21H27N5O9S2/c1-9(2)33-21(30)35-10(3)34-19(29)15-11(6-31-4)7-36-18-14(17(28)26(15)18)24-16(27)13(25-32-5)12-8-37-20(22)23-12/h8-10,14,18H,6-7H2,1-5H3,(H2,22,23)(H,24,27)/b25-13+/t10?,14-,18-/m1/s1/i1D3,2D3,9D. The second-order valence-corrected chi connectivity index (χ2v) is 9.21. The van der Waals surface area contributed by atoms with E-state index in [2.05, 4.69) is 24.9 Å². The molecule has 1 saturated heterocycles. The smallest absolute Gasteiger partial charge is 0.431 e. The van der Waals surface area contributed by atoms with E-state index in [-0.39, 0.29) is 34.6 Å². The minimum Gasteiger partial charge on any atom is -0.431 e. The van der Waals surface area contributed by atoms with Gasteiger partial charge >= 0.3 is 12.1 Å². The van der Waals surface area contributed by atoms with Gasteiger partial charge in [0, 0.05) is 33.4 Å². The minimum absolute atomic E-state index is 0.101. The molecule has 14 nitrogen and oxygen atoms in total. The van der Waals surface area contributed by atoms with Crippen LogP contribution in [-0.4, -0.2) is 89.9 Å². The van der Waals surface area contributed by atoms with Crippen molar-refractivity contribution >= 4 is 57.9 Å². The Labute approximate surface area is 230 Å². The zero-order chi connectivity index (χ0) is 33.2. The fourth-order valence-electron chi connectivity index (χ4n) is 3.33. The van der Waals surface area contributed by atoms with Gasteiger partial charge in [-0.05, 0) is 19.3 Å². The Bertz CT molecular complexity index is 1350. The number of hydrogen-bond acceptors (Lipinski definition) is 14. The van der Waals surface area contributed by atoms with Gasteiger partial charge in [-0.1, -0.05) is 5.16 Å². The van der Waals surface area contributed by atoms with E-state index in [9.17, 15) is 19.2 Å². The van der Waals surface area contributed by atoms with Crippen LogP contribution in [-0.2, 0) is 38.2 Å². The Morgan fingerprint density at radius 2 is 2.11 bits per heavy atom. The van der Waals surface area contributed by atoms with Gasteiger partial charge in [-0.2, -0.15) is 0 Å². The number of β-lactam (4-membered cyclic amide) rings is 1. The molecule has 2 aliphatic heterocycles. The molecule has 202 valence electrons. The molecule has 0 radical (unpaired) electrons. The van der Waals surface area contributed by atoms with Crippen LogP contribution in [0.4, 0.5) is 9.93 Å². The molecule has 1 fully saturated rings. The van der Waals surface area contributed by atoms with Gasteiger partial charge in [0.2, 0.25) is 6.29 Å². The van der Waals surface area contributed by atoms with E-state index in [1.807, 2.05) is 0 Å². The van der Waals surface area contributed by atoms with E-state index in [1.165, 1.54) is 31.4 Å². The summed E-state index contributed by atoms with van der Waals surface area (Å²) in [6.07, 6.45) is -7.37. The summed E-state index contributed by atoms with van der Waals surface area (Å²) in [6.45, 7) is -6.24. The molecule has 3 rings (SSSR count). The molecule has 3 N–H and O–H groups in total. The van der Waals surface area contributed by atoms with Crippen molar-refractivity contribution in [2.75, 3.05) is 32.3 Å². The SMILES string of the molecule is [2H]C([2H])([2H])C([2H])(OC(=O)OC(C)OC(=O)C1=C(COC)CS[C@@H]2[C@H](NC(=O)/C(=N/OC)c3csc(N)n3)C(=O)N12)C([2H])([2H])[2H]. The number of oxime groups is 1. The van der Waals surface area contributed by atoms with Crippen LogP contribution >= 0.6 is 23.1 Å². The number of anilines is 1. The number of thiazole rings is 1. The zero-order valence-electron chi connectivity index (χ0n) is 26.6. The number of nitrogens with two attached hydrogens (primary N) is 1. The monoisotopic (exact) mass is 564 g/mol. The first-order chi connectivity index (χ1) is 20.4. The van der Waals surface area contributed by atoms with E-state index >= 15 is 0 Å². The third-order valence-corrected chi connectivity index (χ3v) is 6.74. The van der Waals surface area contributed by atoms with Crippen LogP contribution in [0.1, 0.15) is 35.9 Å². The van der Waals surface area contributed by atoms with Gasteiger partial charge in [-0.3, -0.25) is 14.5 Å². The van der Waals surface area contributed by atoms with Gasteiger partial charge in [0.1, 0.15) is 29.9 Å². The maximum atomic E-state index is 13.2. The highest BCUT2D eigenvalue weighted by molar-refractivity contribution is 8.00. The molecule has 1 aromatic rings. The van der Waals surface area contributed by atoms with Crippen LogP contribution in [0.3, 0.4) is 0 Å². The summed E-state index contributed by atoms with van der Waals surface area (Å²) in [7, 11) is 2.56. The summed E-state index contributed by atoms with van der Waals surface area (Å²) < 4.78 is 70.8. The molecule has 0 saturated carbocycles. The maximum Gasteiger partial charge on any atom is 0.511 e. The van der Waals surface area contributed by atoms with Crippen LogP contribution in [0.25, 0.3) is 0 Å². The average Bonchev–Trinajstić information content (AvgIpc) is 3.34. The molecule has 2 aliphatic rings. The van der Waals surface area contributed by atoms with E-state index in [4.69, 9.17) is 29.6 Å². The highest BCUT2D eigenvalue weighted by Gasteiger charge is 2.55. The Hall–Kier alpha value is -3.37. The summed E-state index contributed by atoms with van der Waals surface area (Å²) >= 11 is 2.27. The average molecular weight is 565 g/mol. The number of ether oxygens (including phenoxy) is 4. The predicted molar refractivity (Wildman–Crippen MR) is 132 cm³/mol. The van der Waals surface area contributed by atoms with Gasteiger partial charge in [-0.15, -0.1) is 23.1 Å². The minimum atomic E-state index is -3.67. The number of hydrogen-bond donors (Lipinski definition) is 2. The van der Waals surface area contributed by atoms with Crippen LogP contribution < -0.4 is 11.1 Å². The van der Waals surface area contributed by atoms with Gasteiger partial charge in [-0.25, -0.2) is 14.6 Å². The summed E-state index contributed by atoms with van der Waals surface area (Å²) in [5.74, 6) is -2.50. The second kappa shape index (κ2) is 12.2. The molecule has 0 aromatic carbocycles. The van der Waals surface area contributed by atoms with Crippen LogP contribution in [0.15, 0.2) is 21.8 Å². The quantitative estimate of drug-likeness (QED) is 0.134. The van der Waals surface area contributed by atoms with Crippen molar-refractivity contribution in [3.63, 3.8) is 0 Å². The number of nitrogen functional groups attached to an aromatic ring is 1. The Balaban J connectivity index is 1.73. The number of esters is 1. The number of fused-ring (bicyclic) bond motifs is 1. The van der Waals surface area contributed by atoms with Crippen molar-refractivity contribution in [2.24, 2.45) is 5.16 Å². The van der Waals surface area contributed by atoms with Gasteiger partial charge in [0.15, 0.2) is 10.8 Å². The first-order valence-electron chi connectivity index (χ1n) is 13.8. The summed E-state index contributed by atoms with van der Waals surface area (Å²) in [4.78, 5) is 61.3. The third-order valence-electron chi connectivity index (χ3n) is 4.73. The topological polar surface area (TPSA) is 181 Å². The number of nitrogens with zero attached hydrogens (tertiary/aromatic N) is 3. The maximum absolute atomic E-state index is 13.2. The second-order valence-electron chi connectivity index (χ2n) is 7.21. The summed E-state index contributed by atoms with van der Waals surface area (Å²) in [5.41, 5.74) is 5.57. The van der Waals surface area contributed by atoms with Crippen molar-refractivity contribution in [3.05, 3.63) is 22.3 Å². The van der Waals surface area contributed by atoms with Crippen LogP contribution in [0.2, 0.25) is 0 Å². The number of aromatic nitrogens is 1. The Morgan fingerprint density at radius 1 is 1.35 bits per heavy atom. The fraction of sp³-hybridized carbons (Fsp3) is 0.524. The van der Waals surface area contributed by atoms with Crippen molar-refractivity contribution in [3.8, 4) is 0 Å².